The van der Waals surface area contributed by atoms with E-state index in [4.69, 9.17) is 4.74 Å². The Kier molecular flexibility index (Phi) is 4.22. The molecule has 92 valence electrons. The van der Waals surface area contributed by atoms with Crippen LogP contribution in [0.5, 0.6) is 0 Å². The third kappa shape index (κ3) is 3.21. The van der Waals surface area contributed by atoms with E-state index in [0.717, 1.165) is 38.1 Å². The first-order valence-electron chi connectivity index (χ1n) is 6.69. The zero-order valence-electron chi connectivity index (χ0n) is 10.2. The number of hydrogen-bond donors (Lipinski definition) is 1. The van der Waals surface area contributed by atoms with Crippen molar-refractivity contribution in [2.75, 3.05) is 6.54 Å². The molecule has 2 rings (SSSR count). The van der Waals surface area contributed by atoms with Crippen LogP contribution in [0.2, 0.25) is 0 Å². The molecule has 1 saturated carbocycles. The minimum absolute atomic E-state index is 0.0146. The maximum Gasteiger partial charge on any atom is 0.323 e. The van der Waals surface area contributed by atoms with Gasteiger partial charge in [0.1, 0.15) is 12.1 Å². The van der Waals surface area contributed by atoms with E-state index in [1.807, 2.05) is 0 Å². The Hall–Kier alpha value is -0.570. The second-order valence-electron chi connectivity index (χ2n) is 5.32. The minimum atomic E-state index is -0.0342. The van der Waals surface area contributed by atoms with Gasteiger partial charge in [0.2, 0.25) is 0 Å². The van der Waals surface area contributed by atoms with E-state index >= 15 is 0 Å². The highest BCUT2D eigenvalue weighted by Gasteiger charge is 2.26. The predicted octanol–water partition coefficient (Wildman–Crippen LogP) is 2.25. The first-order chi connectivity index (χ1) is 7.75. The lowest BCUT2D eigenvalue weighted by atomic mass is 9.89. The molecule has 1 atom stereocenters. The van der Waals surface area contributed by atoms with Crippen molar-refractivity contribution in [3.8, 4) is 0 Å². The van der Waals surface area contributed by atoms with Crippen LogP contribution in [-0.2, 0) is 9.53 Å². The van der Waals surface area contributed by atoms with Gasteiger partial charge in [-0.05, 0) is 51.0 Å². The van der Waals surface area contributed by atoms with Crippen molar-refractivity contribution in [1.29, 1.82) is 0 Å². The molecular weight excluding hydrogens is 202 g/mol. The van der Waals surface area contributed by atoms with E-state index in [-0.39, 0.29) is 18.1 Å². The summed E-state index contributed by atoms with van der Waals surface area (Å²) < 4.78 is 5.58. The molecule has 0 unspecified atom stereocenters. The standard InChI is InChI=1S/C13H23NO2/c1-10-5-7-11(8-6-10)16-13(15)12-4-2-3-9-14-12/h10-12,14H,2-9H2,1H3/t10?,11?,12-/m1/s1. The summed E-state index contributed by atoms with van der Waals surface area (Å²) >= 11 is 0. The van der Waals surface area contributed by atoms with E-state index in [1.165, 1.54) is 19.3 Å². The van der Waals surface area contributed by atoms with Crippen molar-refractivity contribution in [2.24, 2.45) is 5.92 Å². The second kappa shape index (κ2) is 5.67. The molecule has 0 bridgehead atoms. The van der Waals surface area contributed by atoms with Gasteiger partial charge in [-0.3, -0.25) is 4.79 Å². The van der Waals surface area contributed by atoms with Gasteiger partial charge in [-0.25, -0.2) is 0 Å². The Morgan fingerprint density at radius 3 is 2.50 bits per heavy atom. The Morgan fingerprint density at radius 1 is 1.12 bits per heavy atom. The summed E-state index contributed by atoms with van der Waals surface area (Å²) in [6.07, 6.45) is 7.99. The summed E-state index contributed by atoms with van der Waals surface area (Å²) in [5, 5.41) is 3.24. The number of nitrogens with one attached hydrogen (secondary N) is 1. The summed E-state index contributed by atoms with van der Waals surface area (Å²) in [6.45, 7) is 3.24. The second-order valence-corrected chi connectivity index (χ2v) is 5.32. The van der Waals surface area contributed by atoms with E-state index in [2.05, 4.69) is 12.2 Å². The van der Waals surface area contributed by atoms with Gasteiger partial charge in [0.25, 0.3) is 0 Å². The monoisotopic (exact) mass is 225 g/mol. The number of hydrogen-bond acceptors (Lipinski definition) is 3. The first kappa shape index (κ1) is 11.9. The fourth-order valence-electron chi connectivity index (χ4n) is 2.65. The molecule has 0 aromatic rings. The predicted molar refractivity (Wildman–Crippen MR) is 63.2 cm³/mol. The minimum Gasteiger partial charge on any atom is -0.461 e. The maximum absolute atomic E-state index is 11.9. The van der Waals surface area contributed by atoms with Crippen LogP contribution in [-0.4, -0.2) is 24.7 Å². The van der Waals surface area contributed by atoms with E-state index in [9.17, 15) is 4.79 Å². The first-order valence-corrected chi connectivity index (χ1v) is 6.69. The SMILES string of the molecule is CC1CCC(OC(=O)[C@H]2CCCCN2)CC1. The van der Waals surface area contributed by atoms with Crippen LogP contribution < -0.4 is 5.32 Å². The Bertz CT molecular complexity index is 228. The van der Waals surface area contributed by atoms with Crippen LogP contribution in [0.15, 0.2) is 0 Å². The van der Waals surface area contributed by atoms with Crippen molar-refractivity contribution < 1.29 is 9.53 Å². The molecule has 2 aliphatic rings. The quantitative estimate of drug-likeness (QED) is 0.733. The van der Waals surface area contributed by atoms with Crippen LogP contribution >= 0.6 is 0 Å². The molecule has 0 aromatic heterocycles. The number of ether oxygens (including phenoxy) is 1. The Balaban J connectivity index is 1.73. The number of rotatable bonds is 2. The maximum atomic E-state index is 11.9. The largest absolute Gasteiger partial charge is 0.461 e. The van der Waals surface area contributed by atoms with Gasteiger partial charge >= 0.3 is 5.97 Å². The summed E-state index contributed by atoms with van der Waals surface area (Å²) in [5.74, 6) is 0.794. The number of esters is 1. The van der Waals surface area contributed by atoms with Crippen LogP contribution in [0.1, 0.15) is 51.9 Å². The normalized spacial score (nSPS) is 35.7. The van der Waals surface area contributed by atoms with Gasteiger partial charge in [-0.1, -0.05) is 13.3 Å². The van der Waals surface area contributed by atoms with Crippen molar-refractivity contribution >= 4 is 5.97 Å². The molecular formula is C13H23NO2. The molecule has 2 fully saturated rings. The topological polar surface area (TPSA) is 38.3 Å². The highest BCUT2D eigenvalue weighted by molar-refractivity contribution is 5.76. The van der Waals surface area contributed by atoms with Crippen molar-refractivity contribution in [1.82, 2.24) is 5.32 Å². The molecule has 0 amide bonds. The highest BCUT2D eigenvalue weighted by Crippen LogP contribution is 2.26. The van der Waals surface area contributed by atoms with Gasteiger partial charge in [0.15, 0.2) is 0 Å². The molecule has 1 saturated heterocycles. The molecule has 0 radical (unpaired) electrons. The molecule has 0 spiro atoms. The Labute approximate surface area is 97.9 Å². The molecule has 3 heteroatoms. The van der Waals surface area contributed by atoms with Gasteiger partial charge in [0.05, 0.1) is 0 Å². The van der Waals surface area contributed by atoms with Crippen molar-refractivity contribution in [2.45, 2.75) is 64.0 Å². The Morgan fingerprint density at radius 2 is 1.88 bits per heavy atom. The van der Waals surface area contributed by atoms with Crippen LogP contribution in [0.25, 0.3) is 0 Å². The zero-order chi connectivity index (χ0) is 11.4. The summed E-state index contributed by atoms with van der Waals surface area (Å²) in [5.41, 5.74) is 0. The molecule has 1 aliphatic heterocycles. The summed E-state index contributed by atoms with van der Waals surface area (Å²) in [7, 11) is 0. The average Bonchev–Trinajstić information content (AvgIpc) is 2.33. The van der Waals surface area contributed by atoms with Gasteiger partial charge in [-0.2, -0.15) is 0 Å². The van der Waals surface area contributed by atoms with Gasteiger partial charge in [0, 0.05) is 0 Å². The van der Waals surface area contributed by atoms with Crippen LogP contribution in [0.4, 0.5) is 0 Å². The highest BCUT2D eigenvalue weighted by atomic mass is 16.5. The molecule has 0 aromatic carbocycles. The lowest BCUT2D eigenvalue weighted by Gasteiger charge is -2.29. The number of piperidine rings is 1. The fourth-order valence-corrected chi connectivity index (χ4v) is 2.65. The lowest BCUT2D eigenvalue weighted by molar-refractivity contribution is -0.154. The average molecular weight is 225 g/mol. The number of carbonyl (C=O) groups is 1. The van der Waals surface area contributed by atoms with E-state index in [0.29, 0.717) is 0 Å². The van der Waals surface area contributed by atoms with Gasteiger partial charge in [-0.15, -0.1) is 0 Å². The molecule has 1 heterocycles. The third-order valence-corrected chi connectivity index (χ3v) is 3.84. The third-order valence-electron chi connectivity index (χ3n) is 3.84. The molecule has 1 aliphatic carbocycles. The fraction of sp³-hybridized carbons (Fsp3) is 0.923. The lowest BCUT2D eigenvalue weighted by Crippen LogP contribution is -2.43. The van der Waals surface area contributed by atoms with Crippen LogP contribution in [0.3, 0.4) is 0 Å². The van der Waals surface area contributed by atoms with Gasteiger partial charge < -0.3 is 10.1 Å². The van der Waals surface area contributed by atoms with Crippen molar-refractivity contribution in [3.63, 3.8) is 0 Å². The summed E-state index contributed by atoms with van der Waals surface area (Å²) in [4.78, 5) is 11.9. The molecule has 16 heavy (non-hydrogen) atoms. The molecule has 1 N–H and O–H groups in total. The molecule has 3 nitrogen and oxygen atoms in total. The van der Waals surface area contributed by atoms with Crippen molar-refractivity contribution in [3.05, 3.63) is 0 Å². The number of carbonyl (C=O) groups excluding carboxylic acids is 1. The zero-order valence-corrected chi connectivity index (χ0v) is 10.2. The van der Waals surface area contributed by atoms with E-state index in [1.54, 1.807) is 0 Å². The summed E-state index contributed by atoms with van der Waals surface area (Å²) in [6, 6.07) is -0.0342. The van der Waals surface area contributed by atoms with E-state index < -0.39 is 0 Å². The van der Waals surface area contributed by atoms with Crippen LogP contribution in [0, 0.1) is 5.92 Å². The smallest absolute Gasteiger partial charge is 0.323 e.